The van der Waals surface area contributed by atoms with Crippen molar-refractivity contribution in [2.45, 2.75) is 19.4 Å². The van der Waals surface area contributed by atoms with Gasteiger partial charge in [-0.05, 0) is 36.6 Å². The van der Waals surface area contributed by atoms with E-state index in [9.17, 15) is 9.59 Å². The second-order valence-corrected chi connectivity index (χ2v) is 8.28. The molecule has 1 aromatic carbocycles. The Bertz CT molecular complexity index is 936. The Morgan fingerprint density at radius 2 is 1.80 bits per heavy atom. The molecule has 9 heteroatoms. The normalized spacial score (nSPS) is 16.9. The number of anilines is 2. The zero-order valence-corrected chi connectivity index (χ0v) is 17.8. The highest BCUT2D eigenvalue weighted by atomic mass is 35.5. The van der Waals surface area contributed by atoms with E-state index in [-0.39, 0.29) is 17.4 Å². The van der Waals surface area contributed by atoms with Crippen LogP contribution in [0.2, 0.25) is 10.0 Å². The average molecular weight is 449 g/mol. The van der Waals surface area contributed by atoms with Gasteiger partial charge in [0.25, 0.3) is 5.91 Å². The minimum Gasteiger partial charge on any atom is -0.379 e. The maximum Gasteiger partial charge on any atom is 0.258 e. The number of carbonyl (C=O) groups is 2. The number of carbonyl (C=O) groups excluding carboxylic acids is 2. The number of rotatable bonds is 6. The molecule has 1 saturated heterocycles. The number of nitrogens with one attached hydrogen (secondary N) is 2. The second-order valence-electron chi connectivity index (χ2n) is 7.47. The highest BCUT2D eigenvalue weighted by Crippen LogP contribution is 2.31. The Morgan fingerprint density at radius 1 is 1.10 bits per heavy atom. The molecule has 1 aliphatic heterocycles. The maximum atomic E-state index is 12.8. The Labute approximate surface area is 184 Å². The van der Waals surface area contributed by atoms with Crippen molar-refractivity contribution < 1.29 is 14.3 Å². The lowest BCUT2D eigenvalue weighted by Gasteiger charge is -2.26. The minimum absolute atomic E-state index is 0.0482. The molecular formula is C21H22Cl2N4O3. The zero-order chi connectivity index (χ0) is 21.1. The Balaban J connectivity index is 1.44. The van der Waals surface area contributed by atoms with E-state index < -0.39 is 5.91 Å². The quantitative estimate of drug-likeness (QED) is 0.701. The van der Waals surface area contributed by atoms with Gasteiger partial charge in [0.2, 0.25) is 5.91 Å². The first-order valence-electron chi connectivity index (χ1n) is 9.86. The molecule has 1 saturated carbocycles. The summed E-state index contributed by atoms with van der Waals surface area (Å²) in [6.07, 6.45) is 3.33. The van der Waals surface area contributed by atoms with E-state index in [0.717, 1.165) is 31.5 Å². The summed E-state index contributed by atoms with van der Waals surface area (Å²) in [6, 6.07) is 6.78. The highest BCUT2D eigenvalue weighted by Gasteiger charge is 2.29. The second kappa shape index (κ2) is 9.31. The Hall–Kier alpha value is -2.19. The van der Waals surface area contributed by atoms with Gasteiger partial charge >= 0.3 is 0 Å². The van der Waals surface area contributed by atoms with Crippen LogP contribution in [0.15, 0.2) is 30.5 Å². The van der Waals surface area contributed by atoms with Gasteiger partial charge in [0.1, 0.15) is 5.82 Å². The number of benzene rings is 1. The summed E-state index contributed by atoms with van der Waals surface area (Å²) in [5, 5.41) is 6.11. The summed E-state index contributed by atoms with van der Waals surface area (Å²) in [7, 11) is 0. The zero-order valence-electron chi connectivity index (χ0n) is 16.3. The van der Waals surface area contributed by atoms with Gasteiger partial charge in [0, 0.05) is 43.5 Å². The third-order valence-corrected chi connectivity index (χ3v) is 5.65. The Kier molecular flexibility index (Phi) is 6.53. The number of aromatic nitrogens is 1. The van der Waals surface area contributed by atoms with Gasteiger partial charge in [-0.25, -0.2) is 4.98 Å². The number of hydrogen-bond acceptors (Lipinski definition) is 5. The minimum atomic E-state index is -0.423. The predicted octanol–water partition coefficient (Wildman–Crippen LogP) is 3.82. The lowest BCUT2D eigenvalue weighted by atomic mass is 10.1. The van der Waals surface area contributed by atoms with Gasteiger partial charge in [-0.15, -0.1) is 0 Å². The first kappa shape index (κ1) is 21.1. The molecule has 0 radical (unpaired) electrons. The number of amides is 2. The molecule has 0 unspecified atom stereocenters. The van der Waals surface area contributed by atoms with Crippen molar-refractivity contribution in [2.24, 2.45) is 5.92 Å². The van der Waals surface area contributed by atoms with E-state index in [1.165, 1.54) is 6.20 Å². The number of halogens is 2. The van der Waals surface area contributed by atoms with Crippen LogP contribution in [0.1, 0.15) is 28.8 Å². The summed E-state index contributed by atoms with van der Waals surface area (Å²) in [4.78, 5) is 31.1. The van der Waals surface area contributed by atoms with E-state index in [2.05, 4.69) is 20.5 Å². The molecule has 2 fully saturated rings. The number of nitrogens with zero attached hydrogens (tertiary/aromatic N) is 2. The van der Waals surface area contributed by atoms with Gasteiger partial charge in [-0.1, -0.05) is 23.2 Å². The number of morpholine rings is 1. The first-order valence-corrected chi connectivity index (χ1v) is 10.6. The highest BCUT2D eigenvalue weighted by molar-refractivity contribution is 6.40. The molecule has 2 N–H and O–H groups in total. The number of ether oxygens (including phenoxy) is 1. The molecule has 30 heavy (non-hydrogen) atoms. The molecule has 4 rings (SSSR count). The molecule has 2 heterocycles. The lowest BCUT2D eigenvalue weighted by Crippen LogP contribution is -2.35. The third-order valence-electron chi connectivity index (χ3n) is 5.06. The van der Waals surface area contributed by atoms with E-state index in [0.29, 0.717) is 41.3 Å². The molecule has 1 aliphatic carbocycles. The number of pyridine rings is 1. The van der Waals surface area contributed by atoms with Crippen LogP contribution in [0.3, 0.4) is 0 Å². The average Bonchev–Trinajstić information content (AvgIpc) is 3.54. The fourth-order valence-electron chi connectivity index (χ4n) is 3.30. The molecule has 0 bridgehead atoms. The Morgan fingerprint density at radius 3 is 2.47 bits per heavy atom. The summed E-state index contributed by atoms with van der Waals surface area (Å²) < 4.78 is 5.36. The molecule has 2 aromatic rings. The van der Waals surface area contributed by atoms with Crippen molar-refractivity contribution in [3.8, 4) is 0 Å². The first-order chi connectivity index (χ1) is 14.5. The molecule has 7 nitrogen and oxygen atoms in total. The van der Waals surface area contributed by atoms with Crippen LogP contribution in [0.25, 0.3) is 0 Å². The summed E-state index contributed by atoms with van der Waals surface area (Å²) in [6.45, 7) is 3.80. The number of hydrogen-bond donors (Lipinski definition) is 2. The van der Waals surface area contributed by atoms with Crippen LogP contribution >= 0.6 is 23.2 Å². The summed E-state index contributed by atoms with van der Waals surface area (Å²) >= 11 is 12.8. The van der Waals surface area contributed by atoms with E-state index in [1.54, 1.807) is 24.3 Å². The smallest absolute Gasteiger partial charge is 0.258 e. The monoisotopic (exact) mass is 448 g/mol. The largest absolute Gasteiger partial charge is 0.379 e. The molecule has 1 aromatic heterocycles. The fourth-order valence-corrected chi connectivity index (χ4v) is 4.00. The van der Waals surface area contributed by atoms with Crippen LogP contribution in [0.4, 0.5) is 11.5 Å². The van der Waals surface area contributed by atoms with Gasteiger partial charge in [0.05, 0.1) is 28.8 Å². The van der Waals surface area contributed by atoms with Crippen molar-refractivity contribution in [3.63, 3.8) is 0 Å². The molecular weight excluding hydrogens is 427 g/mol. The van der Waals surface area contributed by atoms with Crippen LogP contribution in [0, 0.1) is 5.92 Å². The molecule has 2 aliphatic rings. The molecule has 158 valence electrons. The van der Waals surface area contributed by atoms with Gasteiger partial charge in [-0.2, -0.15) is 0 Å². The maximum absolute atomic E-state index is 12.8. The third kappa shape index (κ3) is 5.29. The van der Waals surface area contributed by atoms with Crippen molar-refractivity contribution >= 4 is 46.5 Å². The van der Waals surface area contributed by atoms with E-state index in [4.69, 9.17) is 27.9 Å². The van der Waals surface area contributed by atoms with Gasteiger partial charge in [-0.3, -0.25) is 14.5 Å². The standard InChI is InChI=1S/C21H22Cl2N4O3/c22-16-9-13(12-27-5-7-30-8-6-27)10-17(23)19(16)21(29)25-15-3-4-24-18(11-15)26-20(28)14-1-2-14/h3-4,9-11,14H,1-2,5-8,12H2,(H2,24,25,26,28,29). The van der Waals surface area contributed by atoms with Crippen LogP contribution in [0.5, 0.6) is 0 Å². The molecule has 0 spiro atoms. The predicted molar refractivity (Wildman–Crippen MR) is 116 cm³/mol. The van der Waals surface area contributed by atoms with Gasteiger partial charge in [0.15, 0.2) is 0 Å². The lowest BCUT2D eigenvalue weighted by molar-refractivity contribution is -0.117. The van der Waals surface area contributed by atoms with Crippen LogP contribution in [-0.2, 0) is 16.1 Å². The SMILES string of the molecule is O=C(Nc1ccnc(NC(=O)C2CC2)c1)c1c(Cl)cc(CN2CCOCC2)cc1Cl. The van der Waals surface area contributed by atoms with Crippen molar-refractivity contribution in [1.29, 1.82) is 0 Å². The van der Waals surface area contributed by atoms with E-state index in [1.807, 2.05) is 0 Å². The summed E-state index contributed by atoms with van der Waals surface area (Å²) in [5.41, 5.74) is 1.65. The van der Waals surface area contributed by atoms with Crippen LogP contribution < -0.4 is 10.6 Å². The van der Waals surface area contributed by atoms with Crippen molar-refractivity contribution in [1.82, 2.24) is 9.88 Å². The van der Waals surface area contributed by atoms with Gasteiger partial charge < -0.3 is 15.4 Å². The van der Waals surface area contributed by atoms with E-state index >= 15 is 0 Å². The topological polar surface area (TPSA) is 83.6 Å². The molecule has 0 atom stereocenters. The van der Waals surface area contributed by atoms with Crippen molar-refractivity contribution in [2.75, 3.05) is 36.9 Å². The molecule has 2 amide bonds. The summed E-state index contributed by atoms with van der Waals surface area (Å²) in [5.74, 6) is -0.0112. The van der Waals surface area contributed by atoms with Crippen molar-refractivity contribution in [3.05, 3.63) is 51.6 Å². The van der Waals surface area contributed by atoms with Crippen LogP contribution in [-0.4, -0.2) is 48.0 Å². The fraction of sp³-hybridized carbons (Fsp3) is 0.381.